The van der Waals surface area contributed by atoms with Crippen LogP contribution in [-0.2, 0) is 9.53 Å². The molecule has 1 aliphatic heterocycles. The number of carbonyl (C=O) groups is 2. The van der Waals surface area contributed by atoms with Gasteiger partial charge in [0, 0.05) is 18.7 Å². The van der Waals surface area contributed by atoms with Crippen LogP contribution >= 0.6 is 0 Å². The zero-order valence-electron chi connectivity index (χ0n) is 16.5. The lowest BCUT2D eigenvalue weighted by molar-refractivity contribution is -0.150. The SMILES string of the molecule is Cc1cccc(OCCOC(=O)C2CCN(C(=O)c3ccccc3C)CC2)c1. The average molecular weight is 381 g/mol. The second kappa shape index (κ2) is 9.40. The number of rotatable bonds is 6. The molecule has 0 bridgehead atoms. The Labute approximate surface area is 166 Å². The number of amides is 1. The summed E-state index contributed by atoms with van der Waals surface area (Å²) in [7, 11) is 0. The second-order valence-corrected chi connectivity index (χ2v) is 7.21. The first kappa shape index (κ1) is 19.9. The van der Waals surface area contributed by atoms with Gasteiger partial charge in [-0.3, -0.25) is 9.59 Å². The van der Waals surface area contributed by atoms with Crippen molar-refractivity contribution in [2.24, 2.45) is 5.92 Å². The number of aryl methyl sites for hydroxylation is 2. The number of carbonyl (C=O) groups excluding carboxylic acids is 2. The fourth-order valence-electron chi connectivity index (χ4n) is 3.43. The standard InChI is InChI=1S/C23H27NO4/c1-17-6-5-8-20(16-17)27-14-15-28-23(26)19-10-12-24(13-11-19)22(25)21-9-4-3-7-18(21)2/h3-9,16,19H,10-15H2,1-2H3. The Balaban J connectivity index is 1.40. The van der Waals surface area contributed by atoms with Crippen molar-refractivity contribution in [3.05, 3.63) is 65.2 Å². The summed E-state index contributed by atoms with van der Waals surface area (Å²) in [6, 6.07) is 15.4. The maximum atomic E-state index is 12.7. The van der Waals surface area contributed by atoms with E-state index in [1.807, 2.05) is 67.3 Å². The van der Waals surface area contributed by atoms with Crippen molar-refractivity contribution in [3.63, 3.8) is 0 Å². The first-order valence-corrected chi connectivity index (χ1v) is 9.75. The van der Waals surface area contributed by atoms with Crippen molar-refractivity contribution >= 4 is 11.9 Å². The fourth-order valence-corrected chi connectivity index (χ4v) is 3.43. The van der Waals surface area contributed by atoms with E-state index >= 15 is 0 Å². The molecule has 1 saturated heterocycles. The van der Waals surface area contributed by atoms with Gasteiger partial charge in [0.2, 0.25) is 0 Å². The molecule has 0 N–H and O–H groups in total. The highest BCUT2D eigenvalue weighted by atomic mass is 16.6. The minimum absolute atomic E-state index is 0.0384. The Morgan fingerprint density at radius 3 is 2.46 bits per heavy atom. The molecule has 5 heteroatoms. The van der Waals surface area contributed by atoms with E-state index in [0.29, 0.717) is 32.5 Å². The molecule has 148 valence electrons. The molecule has 5 nitrogen and oxygen atoms in total. The van der Waals surface area contributed by atoms with Crippen molar-refractivity contribution in [3.8, 4) is 5.75 Å². The topological polar surface area (TPSA) is 55.8 Å². The van der Waals surface area contributed by atoms with Crippen LogP contribution in [0, 0.1) is 19.8 Å². The molecule has 3 rings (SSSR count). The molecule has 0 aromatic heterocycles. The van der Waals surface area contributed by atoms with Crippen LogP contribution in [0.2, 0.25) is 0 Å². The van der Waals surface area contributed by atoms with Gasteiger partial charge in [0.05, 0.1) is 5.92 Å². The maximum Gasteiger partial charge on any atom is 0.309 e. The molecule has 1 aliphatic rings. The molecule has 0 spiro atoms. The first-order chi connectivity index (χ1) is 13.5. The summed E-state index contributed by atoms with van der Waals surface area (Å²) in [5.74, 6) is 0.464. The zero-order chi connectivity index (χ0) is 19.9. The van der Waals surface area contributed by atoms with Gasteiger partial charge < -0.3 is 14.4 Å². The summed E-state index contributed by atoms with van der Waals surface area (Å²) in [5.41, 5.74) is 2.83. The number of hydrogen-bond acceptors (Lipinski definition) is 4. The van der Waals surface area contributed by atoms with Crippen LogP contribution in [0.4, 0.5) is 0 Å². The van der Waals surface area contributed by atoms with Crippen LogP contribution in [0.3, 0.4) is 0 Å². The highest BCUT2D eigenvalue weighted by molar-refractivity contribution is 5.95. The monoisotopic (exact) mass is 381 g/mol. The van der Waals surface area contributed by atoms with E-state index in [1.54, 1.807) is 0 Å². The molecule has 2 aromatic rings. The molecule has 0 aliphatic carbocycles. The third kappa shape index (κ3) is 5.12. The van der Waals surface area contributed by atoms with E-state index in [4.69, 9.17) is 9.47 Å². The van der Waals surface area contributed by atoms with Crippen molar-refractivity contribution in [1.82, 2.24) is 4.90 Å². The number of ether oxygens (including phenoxy) is 2. The first-order valence-electron chi connectivity index (χ1n) is 9.75. The van der Waals surface area contributed by atoms with Gasteiger partial charge in [-0.25, -0.2) is 0 Å². The molecule has 1 amide bonds. The Morgan fingerprint density at radius 2 is 1.75 bits per heavy atom. The molecule has 28 heavy (non-hydrogen) atoms. The quantitative estimate of drug-likeness (QED) is 0.564. The average Bonchev–Trinajstić information content (AvgIpc) is 2.71. The molecule has 0 atom stereocenters. The Bertz CT molecular complexity index is 825. The number of likely N-dealkylation sites (tertiary alicyclic amines) is 1. The molecule has 0 radical (unpaired) electrons. The molecule has 1 heterocycles. The Morgan fingerprint density at radius 1 is 1.00 bits per heavy atom. The number of piperidine rings is 1. The summed E-state index contributed by atoms with van der Waals surface area (Å²) in [6.45, 7) is 5.66. The summed E-state index contributed by atoms with van der Waals surface area (Å²) in [5, 5.41) is 0. The van der Waals surface area contributed by atoms with Crippen LogP contribution in [0.25, 0.3) is 0 Å². The van der Waals surface area contributed by atoms with Gasteiger partial charge in [0.25, 0.3) is 5.91 Å². The van der Waals surface area contributed by atoms with E-state index in [0.717, 1.165) is 22.4 Å². The predicted molar refractivity (Wildman–Crippen MR) is 107 cm³/mol. The third-order valence-corrected chi connectivity index (χ3v) is 5.08. The van der Waals surface area contributed by atoms with Gasteiger partial charge in [0.15, 0.2) is 0 Å². The van der Waals surface area contributed by atoms with Crippen molar-refractivity contribution in [1.29, 1.82) is 0 Å². The van der Waals surface area contributed by atoms with Crippen LogP contribution in [-0.4, -0.2) is 43.1 Å². The van der Waals surface area contributed by atoms with Gasteiger partial charge in [-0.2, -0.15) is 0 Å². The summed E-state index contributed by atoms with van der Waals surface area (Å²) in [4.78, 5) is 26.8. The Kier molecular flexibility index (Phi) is 6.69. The summed E-state index contributed by atoms with van der Waals surface area (Å²) < 4.78 is 11.0. The lowest BCUT2D eigenvalue weighted by Crippen LogP contribution is -2.41. The van der Waals surface area contributed by atoms with Crippen LogP contribution < -0.4 is 4.74 Å². The van der Waals surface area contributed by atoms with Crippen molar-refractivity contribution in [2.45, 2.75) is 26.7 Å². The fraction of sp³-hybridized carbons (Fsp3) is 0.391. The van der Waals surface area contributed by atoms with E-state index in [9.17, 15) is 9.59 Å². The second-order valence-electron chi connectivity index (χ2n) is 7.21. The van der Waals surface area contributed by atoms with Gasteiger partial charge in [0.1, 0.15) is 19.0 Å². The lowest BCUT2D eigenvalue weighted by atomic mass is 9.96. The minimum atomic E-state index is -0.198. The maximum absolute atomic E-state index is 12.7. The van der Waals surface area contributed by atoms with E-state index < -0.39 is 0 Å². The van der Waals surface area contributed by atoms with Gasteiger partial charge in [-0.1, -0.05) is 30.3 Å². The van der Waals surface area contributed by atoms with Crippen LogP contribution in [0.15, 0.2) is 48.5 Å². The smallest absolute Gasteiger partial charge is 0.309 e. The van der Waals surface area contributed by atoms with E-state index in [1.165, 1.54) is 0 Å². The molecular formula is C23H27NO4. The molecule has 1 fully saturated rings. The predicted octanol–water partition coefficient (Wildman–Crippen LogP) is 3.78. The van der Waals surface area contributed by atoms with Gasteiger partial charge >= 0.3 is 5.97 Å². The number of nitrogens with zero attached hydrogens (tertiary/aromatic N) is 1. The van der Waals surface area contributed by atoms with Crippen LogP contribution in [0.5, 0.6) is 5.75 Å². The molecular weight excluding hydrogens is 354 g/mol. The van der Waals surface area contributed by atoms with Gasteiger partial charge in [-0.05, 0) is 56.0 Å². The molecule has 0 saturated carbocycles. The highest BCUT2D eigenvalue weighted by Gasteiger charge is 2.29. The minimum Gasteiger partial charge on any atom is -0.490 e. The number of hydrogen-bond donors (Lipinski definition) is 0. The number of benzene rings is 2. The van der Waals surface area contributed by atoms with Crippen LogP contribution in [0.1, 0.15) is 34.3 Å². The summed E-state index contributed by atoms with van der Waals surface area (Å²) in [6.07, 6.45) is 1.27. The number of esters is 1. The third-order valence-electron chi connectivity index (χ3n) is 5.08. The normalized spacial score (nSPS) is 14.6. The Hall–Kier alpha value is -2.82. The zero-order valence-corrected chi connectivity index (χ0v) is 16.5. The van der Waals surface area contributed by atoms with Crippen molar-refractivity contribution < 1.29 is 19.1 Å². The van der Waals surface area contributed by atoms with Gasteiger partial charge in [-0.15, -0.1) is 0 Å². The van der Waals surface area contributed by atoms with E-state index in [2.05, 4.69) is 0 Å². The molecule has 0 unspecified atom stereocenters. The molecule has 2 aromatic carbocycles. The highest BCUT2D eigenvalue weighted by Crippen LogP contribution is 2.21. The van der Waals surface area contributed by atoms with Crippen molar-refractivity contribution in [2.75, 3.05) is 26.3 Å². The van der Waals surface area contributed by atoms with E-state index in [-0.39, 0.29) is 24.4 Å². The summed E-state index contributed by atoms with van der Waals surface area (Å²) >= 11 is 0. The largest absolute Gasteiger partial charge is 0.490 e. The lowest BCUT2D eigenvalue weighted by Gasteiger charge is -2.31.